The van der Waals surface area contributed by atoms with E-state index in [4.69, 9.17) is 0 Å². The zero-order valence-electron chi connectivity index (χ0n) is 6.96. The van der Waals surface area contributed by atoms with E-state index < -0.39 is 0 Å². The molecule has 0 aliphatic heterocycles. The van der Waals surface area contributed by atoms with E-state index in [1.54, 1.807) is 0 Å². The molecule has 0 fully saturated rings. The Balaban J connectivity index is 2.38. The summed E-state index contributed by atoms with van der Waals surface area (Å²) in [7, 11) is 0. The molecule has 0 spiro atoms. The first-order valence-corrected chi connectivity index (χ1v) is 4.12. The first-order chi connectivity index (χ1) is 5.27. The van der Waals surface area contributed by atoms with E-state index >= 15 is 0 Å². The fraction of sp³-hybridized carbons (Fsp3) is 0.556. The Morgan fingerprint density at radius 3 is 2.45 bits per heavy atom. The number of nitrogens with zero attached hydrogens (tertiary/aromatic N) is 2. The summed E-state index contributed by atoms with van der Waals surface area (Å²) in [5.74, 6) is 0.508. The van der Waals surface area contributed by atoms with E-state index in [1.165, 1.54) is 11.4 Å². The van der Waals surface area contributed by atoms with Gasteiger partial charge >= 0.3 is 0 Å². The van der Waals surface area contributed by atoms with Crippen molar-refractivity contribution in [3.05, 3.63) is 23.3 Å². The highest BCUT2D eigenvalue weighted by Gasteiger charge is 2.16. The summed E-state index contributed by atoms with van der Waals surface area (Å²) in [6.45, 7) is 4.30. The van der Waals surface area contributed by atoms with Crippen molar-refractivity contribution >= 4 is 0 Å². The van der Waals surface area contributed by atoms with E-state index in [1.807, 2.05) is 6.20 Å². The molecule has 2 heteroatoms. The van der Waals surface area contributed by atoms with Crippen molar-refractivity contribution in [1.29, 1.82) is 0 Å². The van der Waals surface area contributed by atoms with Crippen LogP contribution in [0, 0.1) is 0 Å². The average molecular weight is 148 g/mol. The highest BCUT2D eigenvalue weighted by molar-refractivity contribution is 5.23. The van der Waals surface area contributed by atoms with Gasteiger partial charge in [0.05, 0.1) is 17.1 Å². The lowest BCUT2D eigenvalue weighted by atomic mass is 9.99. The number of aromatic nitrogens is 2. The van der Waals surface area contributed by atoms with Crippen molar-refractivity contribution in [2.45, 2.75) is 32.6 Å². The Labute approximate surface area is 66.7 Å². The van der Waals surface area contributed by atoms with Crippen LogP contribution in [0.4, 0.5) is 0 Å². The Kier molecular flexibility index (Phi) is 1.41. The van der Waals surface area contributed by atoms with E-state index in [-0.39, 0.29) is 0 Å². The van der Waals surface area contributed by atoms with Crippen LogP contribution in [0.25, 0.3) is 0 Å². The van der Waals surface area contributed by atoms with Gasteiger partial charge in [0.2, 0.25) is 0 Å². The molecule has 0 unspecified atom stereocenters. The standard InChI is InChI=1S/C9H12N2/c1-6(2)9-5-10-7-3-4-8(7)11-9/h5-6H,3-4H2,1-2H3. The van der Waals surface area contributed by atoms with Gasteiger partial charge in [-0.25, -0.2) is 0 Å². The van der Waals surface area contributed by atoms with Crippen molar-refractivity contribution in [3.8, 4) is 0 Å². The molecule has 0 N–H and O–H groups in total. The summed E-state index contributed by atoms with van der Waals surface area (Å²) in [6, 6.07) is 0. The maximum atomic E-state index is 4.50. The lowest BCUT2D eigenvalue weighted by Gasteiger charge is -2.17. The second kappa shape index (κ2) is 2.29. The maximum Gasteiger partial charge on any atom is 0.0626 e. The molecule has 1 aliphatic rings. The van der Waals surface area contributed by atoms with Gasteiger partial charge in [0.1, 0.15) is 0 Å². The van der Waals surface area contributed by atoms with E-state index in [9.17, 15) is 0 Å². The van der Waals surface area contributed by atoms with Crippen molar-refractivity contribution in [1.82, 2.24) is 9.97 Å². The van der Waals surface area contributed by atoms with Gasteiger partial charge < -0.3 is 0 Å². The molecule has 1 aliphatic carbocycles. The van der Waals surface area contributed by atoms with Crippen LogP contribution < -0.4 is 0 Å². The fourth-order valence-electron chi connectivity index (χ4n) is 1.22. The van der Waals surface area contributed by atoms with Gasteiger partial charge in [0.25, 0.3) is 0 Å². The second-order valence-electron chi connectivity index (χ2n) is 3.34. The first-order valence-electron chi connectivity index (χ1n) is 4.12. The molecule has 2 nitrogen and oxygen atoms in total. The minimum atomic E-state index is 0.508. The Bertz CT molecular complexity index is 279. The molecule has 0 bridgehead atoms. The number of hydrogen-bond donors (Lipinski definition) is 0. The number of hydrogen-bond acceptors (Lipinski definition) is 2. The van der Waals surface area contributed by atoms with Crippen LogP contribution in [0.15, 0.2) is 6.20 Å². The Hall–Kier alpha value is -0.920. The SMILES string of the molecule is CC(C)c1cnc2c(n1)CC2. The van der Waals surface area contributed by atoms with Gasteiger partial charge in [-0.15, -0.1) is 0 Å². The molecule has 1 aromatic rings. The third-order valence-corrected chi connectivity index (χ3v) is 2.14. The molecular formula is C9H12N2. The summed E-state index contributed by atoms with van der Waals surface area (Å²) < 4.78 is 0. The highest BCUT2D eigenvalue weighted by atomic mass is 14.8. The smallest absolute Gasteiger partial charge is 0.0626 e. The van der Waals surface area contributed by atoms with Crippen LogP contribution in [-0.4, -0.2) is 9.97 Å². The van der Waals surface area contributed by atoms with Gasteiger partial charge in [0.15, 0.2) is 0 Å². The van der Waals surface area contributed by atoms with Crippen molar-refractivity contribution in [2.75, 3.05) is 0 Å². The zero-order valence-corrected chi connectivity index (χ0v) is 6.96. The number of fused-ring (bicyclic) bond motifs is 1. The minimum absolute atomic E-state index is 0.508. The minimum Gasteiger partial charge on any atom is -0.257 e. The molecule has 2 rings (SSSR count). The third-order valence-electron chi connectivity index (χ3n) is 2.14. The largest absolute Gasteiger partial charge is 0.257 e. The Morgan fingerprint density at radius 2 is 2.00 bits per heavy atom. The van der Waals surface area contributed by atoms with Crippen LogP contribution in [0.2, 0.25) is 0 Å². The topological polar surface area (TPSA) is 25.8 Å². The monoisotopic (exact) mass is 148 g/mol. The molecule has 0 radical (unpaired) electrons. The predicted molar refractivity (Wildman–Crippen MR) is 43.5 cm³/mol. The molecule has 0 saturated carbocycles. The van der Waals surface area contributed by atoms with Crippen molar-refractivity contribution in [3.63, 3.8) is 0 Å². The fourth-order valence-corrected chi connectivity index (χ4v) is 1.22. The molecule has 11 heavy (non-hydrogen) atoms. The van der Waals surface area contributed by atoms with E-state index in [0.29, 0.717) is 5.92 Å². The third kappa shape index (κ3) is 1.02. The highest BCUT2D eigenvalue weighted by Crippen LogP contribution is 2.20. The van der Waals surface area contributed by atoms with E-state index in [0.717, 1.165) is 18.5 Å². The lowest BCUT2D eigenvalue weighted by molar-refractivity contribution is 0.700. The normalized spacial score (nSPS) is 14.5. The van der Waals surface area contributed by atoms with Gasteiger partial charge in [0, 0.05) is 6.20 Å². The summed E-state index contributed by atoms with van der Waals surface area (Å²) in [6.07, 6.45) is 4.16. The molecule has 0 atom stereocenters. The summed E-state index contributed by atoms with van der Waals surface area (Å²) in [5.41, 5.74) is 3.55. The van der Waals surface area contributed by atoms with E-state index in [2.05, 4.69) is 23.8 Å². The van der Waals surface area contributed by atoms with Crippen LogP contribution in [0.5, 0.6) is 0 Å². The molecule has 0 aromatic carbocycles. The van der Waals surface area contributed by atoms with Crippen molar-refractivity contribution < 1.29 is 0 Å². The molecule has 1 aromatic heterocycles. The molecular weight excluding hydrogens is 136 g/mol. The summed E-state index contributed by atoms with van der Waals surface area (Å²) in [4.78, 5) is 8.82. The number of aryl methyl sites for hydroxylation is 2. The van der Waals surface area contributed by atoms with Gasteiger partial charge in [-0.05, 0) is 18.8 Å². The lowest BCUT2D eigenvalue weighted by Crippen LogP contribution is -2.15. The van der Waals surface area contributed by atoms with Gasteiger partial charge in [-0.2, -0.15) is 0 Å². The molecule has 1 heterocycles. The molecule has 0 amide bonds. The summed E-state index contributed by atoms with van der Waals surface area (Å²) >= 11 is 0. The zero-order chi connectivity index (χ0) is 7.84. The molecule has 58 valence electrons. The first kappa shape index (κ1) is 6.77. The maximum absolute atomic E-state index is 4.50. The second-order valence-corrected chi connectivity index (χ2v) is 3.34. The average Bonchev–Trinajstić information content (AvgIpc) is 1.91. The van der Waals surface area contributed by atoms with Crippen LogP contribution in [0.3, 0.4) is 0 Å². The Morgan fingerprint density at radius 1 is 1.27 bits per heavy atom. The quantitative estimate of drug-likeness (QED) is 0.605. The van der Waals surface area contributed by atoms with Crippen LogP contribution in [0.1, 0.15) is 36.8 Å². The van der Waals surface area contributed by atoms with Gasteiger partial charge in [-0.1, -0.05) is 13.8 Å². The predicted octanol–water partition coefficient (Wildman–Crippen LogP) is 1.70. The van der Waals surface area contributed by atoms with Crippen LogP contribution in [-0.2, 0) is 12.8 Å². The van der Waals surface area contributed by atoms with Crippen LogP contribution >= 0.6 is 0 Å². The summed E-state index contributed by atoms with van der Waals surface area (Å²) in [5, 5.41) is 0. The van der Waals surface area contributed by atoms with Gasteiger partial charge in [-0.3, -0.25) is 9.97 Å². The molecule has 0 saturated heterocycles. The number of rotatable bonds is 1. The van der Waals surface area contributed by atoms with Crippen molar-refractivity contribution in [2.24, 2.45) is 0 Å².